The predicted octanol–water partition coefficient (Wildman–Crippen LogP) is 7.19. The van der Waals surface area contributed by atoms with Crippen molar-refractivity contribution in [2.75, 3.05) is 13.6 Å². The number of rotatable bonds is 19. The van der Waals surface area contributed by atoms with Crippen LogP contribution in [0.1, 0.15) is 86.5 Å². The van der Waals surface area contributed by atoms with Crippen molar-refractivity contribution in [3.63, 3.8) is 0 Å². The molecule has 0 bridgehead atoms. The molecule has 0 saturated heterocycles. The lowest BCUT2D eigenvalue weighted by molar-refractivity contribution is -0.123. The number of urea groups is 1. The minimum absolute atomic E-state index is 0.0803. The first-order chi connectivity index (χ1) is 26.7. The fourth-order valence-electron chi connectivity index (χ4n) is 5.75. The van der Waals surface area contributed by atoms with E-state index in [1.54, 1.807) is 50.9 Å². The van der Waals surface area contributed by atoms with Crippen LogP contribution >= 0.6 is 22.7 Å². The van der Waals surface area contributed by atoms with Crippen LogP contribution in [0.5, 0.6) is 0 Å². The SMILES string of the molecule is CC(C)c1nc(CN(C)C(=O)N[C@@H](CCNC(=O)OC(C)(C)C)C(=O)N[C@@H](CCC(Cc2ccccc2)NC(=O)OCc2cncs2)Cc2ccccc2)cs1. The van der Waals surface area contributed by atoms with E-state index in [-0.39, 0.29) is 44.1 Å². The second-order valence-corrected chi connectivity index (χ2v) is 16.8. The molecule has 1 unspecified atom stereocenters. The van der Waals surface area contributed by atoms with Gasteiger partial charge in [0, 0.05) is 43.2 Å². The van der Waals surface area contributed by atoms with Crippen LogP contribution in [0.3, 0.4) is 0 Å². The number of carbonyl (C=O) groups is 4. The average molecular weight is 806 g/mol. The second kappa shape index (κ2) is 21.9. The maximum Gasteiger partial charge on any atom is 0.407 e. The predicted molar refractivity (Wildman–Crippen MR) is 220 cm³/mol. The molecule has 3 atom stereocenters. The summed E-state index contributed by atoms with van der Waals surface area (Å²) in [7, 11) is 1.65. The third-order valence-corrected chi connectivity index (χ3v) is 10.5. The monoisotopic (exact) mass is 805 g/mol. The van der Waals surface area contributed by atoms with Crippen LogP contribution in [0, 0.1) is 0 Å². The number of aromatic nitrogens is 2. The van der Waals surface area contributed by atoms with Gasteiger partial charge in [0.2, 0.25) is 5.91 Å². The van der Waals surface area contributed by atoms with Gasteiger partial charge in [0.05, 0.1) is 27.6 Å². The summed E-state index contributed by atoms with van der Waals surface area (Å²) in [5.74, 6) is -0.124. The van der Waals surface area contributed by atoms with Gasteiger partial charge in [-0.1, -0.05) is 74.5 Å². The molecule has 0 aliphatic rings. The molecule has 4 rings (SSSR count). The number of amides is 5. The molecule has 15 heteroatoms. The van der Waals surface area contributed by atoms with Gasteiger partial charge < -0.3 is 35.6 Å². The van der Waals surface area contributed by atoms with Crippen LogP contribution < -0.4 is 21.3 Å². The van der Waals surface area contributed by atoms with Gasteiger partial charge in [0.1, 0.15) is 18.2 Å². The number of benzene rings is 2. The first-order valence-electron chi connectivity index (χ1n) is 18.9. The number of carbonyl (C=O) groups excluding carboxylic acids is 4. The van der Waals surface area contributed by atoms with E-state index in [2.05, 4.69) is 45.1 Å². The van der Waals surface area contributed by atoms with E-state index >= 15 is 0 Å². The van der Waals surface area contributed by atoms with Gasteiger partial charge >= 0.3 is 18.2 Å². The van der Waals surface area contributed by atoms with Gasteiger partial charge in [-0.3, -0.25) is 9.78 Å². The molecule has 4 aromatic rings. The van der Waals surface area contributed by atoms with E-state index in [4.69, 9.17) is 9.47 Å². The molecule has 4 N–H and O–H groups in total. The molecule has 56 heavy (non-hydrogen) atoms. The molecule has 0 aliphatic carbocycles. The summed E-state index contributed by atoms with van der Waals surface area (Å²) in [6, 6.07) is 17.6. The topological polar surface area (TPSA) is 164 Å². The van der Waals surface area contributed by atoms with Crippen LogP contribution in [0.25, 0.3) is 0 Å². The van der Waals surface area contributed by atoms with Crippen molar-refractivity contribution in [1.82, 2.24) is 36.1 Å². The van der Waals surface area contributed by atoms with E-state index in [1.165, 1.54) is 16.2 Å². The summed E-state index contributed by atoms with van der Waals surface area (Å²) in [6.45, 7) is 9.90. The third-order valence-electron chi connectivity index (χ3n) is 8.54. The third kappa shape index (κ3) is 16.0. The van der Waals surface area contributed by atoms with E-state index in [0.717, 1.165) is 26.7 Å². The van der Waals surface area contributed by atoms with Crippen molar-refractivity contribution in [3.05, 3.63) is 104 Å². The smallest absolute Gasteiger partial charge is 0.407 e. The quantitative estimate of drug-likeness (QED) is 0.0774. The molecule has 2 aromatic carbocycles. The number of hydrogen-bond acceptors (Lipinski definition) is 10. The van der Waals surface area contributed by atoms with E-state index in [0.29, 0.717) is 25.7 Å². The molecule has 5 amide bonds. The number of thiazole rings is 2. The number of ether oxygens (including phenoxy) is 2. The Kier molecular flexibility index (Phi) is 17.1. The molecule has 0 fully saturated rings. The summed E-state index contributed by atoms with van der Waals surface area (Å²) in [5.41, 5.74) is 3.82. The van der Waals surface area contributed by atoms with Gasteiger partial charge in [0.15, 0.2) is 0 Å². The van der Waals surface area contributed by atoms with Gasteiger partial charge in [0.25, 0.3) is 0 Å². The van der Waals surface area contributed by atoms with Crippen LogP contribution in [0.2, 0.25) is 0 Å². The highest BCUT2D eigenvalue weighted by Gasteiger charge is 2.27. The summed E-state index contributed by atoms with van der Waals surface area (Å²) in [5, 5.41) is 14.7. The maximum atomic E-state index is 14.2. The van der Waals surface area contributed by atoms with Crippen molar-refractivity contribution in [1.29, 1.82) is 0 Å². The van der Waals surface area contributed by atoms with Crippen LogP contribution in [-0.2, 0) is 40.3 Å². The minimum Gasteiger partial charge on any atom is -0.444 e. The number of alkyl carbamates (subject to hydrolysis) is 2. The molecule has 2 heterocycles. The molecule has 0 saturated carbocycles. The Morgan fingerprint density at radius 2 is 1.45 bits per heavy atom. The average Bonchev–Trinajstić information content (AvgIpc) is 3.85. The van der Waals surface area contributed by atoms with Crippen molar-refractivity contribution in [2.24, 2.45) is 0 Å². The van der Waals surface area contributed by atoms with Gasteiger partial charge in [-0.05, 0) is 64.0 Å². The molecular formula is C41H55N7O6S2. The normalized spacial score (nSPS) is 12.9. The largest absolute Gasteiger partial charge is 0.444 e. The lowest BCUT2D eigenvalue weighted by atomic mass is 9.95. The number of hydrogen-bond donors (Lipinski definition) is 4. The fourth-order valence-corrected chi connectivity index (χ4v) is 7.08. The summed E-state index contributed by atoms with van der Waals surface area (Å²) >= 11 is 2.96. The van der Waals surface area contributed by atoms with E-state index in [1.807, 2.05) is 66.0 Å². The highest BCUT2D eigenvalue weighted by molar-refractivity contribution is 7.09. The molecule has 2 aromatic heterocycles. The molecule has 302 valence electrons. The molecule has 13 nitrogen and oxygen atoms in total. The maximum absolute atomic E-state index is 14.2. The summed E-state index contributed by atoms with van der Waals surface area (Å²) in [6.07, 6.45) is 2.72. The summed E-state index contributed by atoms with van der Waals surface area (Å²) in [4.78, 5) is 64.1. The molecule has 0 radical (unpaired) electrons. The molecular weight excluding hydrogens is 751 g/mol. The Balaban J connectivity index is 1.49. The Hall–Kier alpha value is -5.02. The standard InChI is InChI=1S/C41H55N7O6S2/c1-28(2)37-45-33(26-55-37)24-48(6)38(50)47-35(19-20-43-39(51)54-41(3,4)5)36(49)44-31(21-29-13-9-7-10-14-29)17-18-32(22-30-15-11-8-12-16-30)46-40(52)53-25-34-23-42-27-56-34/h7-16,23,26-28,31-32,35H,17-22,24-25H2,1-6H3,(H,43,51)(H,44,49)(H,46,52)(H,47,50)/t31-,32?,35-/m0/s1. The van der Waals surface area contributed by atoms with Crippen molar-refractivity contribution in [3.8, 4) is 0 Å². The van der Waals surface area contributed by atoms with Crippen molar-refractivity contribution < 1.29 is 28.7 Å². The first kappa shape index (κ1) is 43.7. The van der Waals surface area contributed by atoms with Crippen molar-refractivity contribution in [2.45, 2.75) is 110 Å². The molecule has 0 aliphatic heterocycles. The summed E-state index contributed by atoms with van der Waals surface area (Å²) < 4.78 is 10.9. The zero-order valence-electron chi connectivity index (χ0n) is 33.1. The first-order valence-corrected chi connectivity index (χ1v) is 20.6. The second-order valence-electron chi connectivity index (χ2n) is 15.0. The Labute approximate surface area is 338 Å². The zero-order chi connectivity index (χ0) is 40.5. The zero-order valence-corrected chi connectivity index (χ0v) is 34.7. The molecule has 0 spiro atoms. The Morgan fingerprint density at radius 3 is 2.00 bits per heavy atom. The van der Waals surface area contributed by atoms with Crippen LogP contribution in [-0.4, -0.2) is 76.3 Å². The van der Waals surface area contributed by atoms with Crippen LogP contribution in [0.4, 0.5) is 14.4 Å². The lowest BCUT2D eigenvalue weighted by Crippen LogP contribution is -2.53. The van der Waals surface area contributed by atoms with Gasteiger partial charge in [-0.2, -0.15) is 0 Å². The number of nitrogens with zero attached hydrogens (tertiary/aromatic N) is 3. The number of nitrogens with one attached hydrogen (secondary N) is 4. The van der Waals surface area contributed by atoms with Gasteiger partial charge in [-0.15, -0.1) is 22.7 Å². The minimum atomic E-state index is -0.986. The highest BCUT2D eigenvalue weighted by Crippen LogP contribution is 2.20. The van der Waals surface area contributed by atoms with E-state index in [9.17, 15) is 19.2 Å². The van der Waals surface area contributed by atoms with E-state index < -0.39 is 35.8 Å². The van der Waals surface area contributed by atoms with Crippen molar-refractivity contribution >= 4 is 46.8 Å². The Morgan fingerprint density at radius 1 is 0.821 bits per heavy atom. The van der Waals surface area contributed by atoms with Gasteiger partial charge in [-0.25, -0.2) is 19.4 Å². The fraction of sp³-hybridized carbons (Fsp3) is 0.463. The highest BCUT2D eigenvalue weighted by atomic mass is 32.1. The lowest BCUT2D eigenvalue weighted by Gasteiger charge is -2.27. The van der Waals surface area contributed by atoms with Crippen LogP contribution in [0.15, 0.2) is 77.8 Å². The Bertz CT molecular complexity index is 1800.